The van der Waals surface area contributed by atoms with Crippen molar-refractivity contribution < 1.29 is 9.18 Å². The third kappa shape index (κ3) is 3.23. The predicted octanol–water partition coefficient (Wildman–Crippen LogP) is 2.45. The summed E-state index contributed by atoms with van der Waals surface area (Å²) in [5, 5.41) is 10.3. The Morgan fingerprint density at radius 1 is 1.39 bits per heavy atom. The number of carbonyl (C=O) groups is 1. The average molecular weight is 339 g/mol. The zero-order chi connectivity index (χ0) is 15.7. The fourth-order valence-corrected chi connectivity index (χ4v) is 2.77. The zero-order valence-electron chi connectivity index (χ0n) is 13.1. The first kappa shape index (κ1) is 17.4. The molecule has 1 unspecified atom stereocenters. The highest BCUT2D eigenvalue weighted by atomic mass is 35.5. The molecule has 2 aromatic rings. The quantitative estimate of drug-likeness (QED) is 0.903. The molecular formula is C16H20ClFN4O. The van der Waals surface area contributed by atoms with Crippen LogP contribution in [-0.4, -0.2) is 34.6 Å². The van der Waals surface area contributed by atoms with Crippen LogP contribution in [0.25, 0.3) is 0 Å². The summed E-state index contributed by atoms with van der Waals surface area (Å²) in [7, 11) is 1.68. The monoisotopic (exact) mass is 338 g/mol. The Morgan fingerprint density at radius 2 is 2.13 bits per heavy atom. The summed E-state index contributed by atoms with van der Waals surface area (Å²) in [5.74, 6) is -0.502. The van der Waals surface area contributed by atoms with Crippen LogP contribution in [0, 0.1) is 5.82 Å². The first-order valence-electron chi connectivity index (χ1n) is 7.38. The van der Waals surface area contributed by atoms with Gasteiger partial charge in [-0.05, 0) is 13.0 Å². The zero-order valence-corrected chi connectivity index (χ0v) is 13.9. The van der Waals surface area contributed by atoms with Crippen LogP contribution in [0.4, 0.5) is 4.39 Å². The topological polar surface area (TPSA) is 61.0 Å². The van der Waals surface area contributed by atoms with E-state index in [0.29, 0.717) is 17.8 Å². The van der Waals surface area contributed by atoms with Crippen molar-refractivity contribution >= 4 is 18.3 Å². The summed E-state index contributed by atoms with van der Waals surface area (Å²) in [6, 6.07) is 6.16. The number of hydrogen-bond acceptors (Lipinski definition) is 3. The minimum atomic E-state index is -0.363. The fraction of sp³-hybridized carbons (Fsp3) is 0.375. The second-order valence-corrected chi connectivity index (χ2v) is 5.57. The lowest BCUT2D eigenvalue weighted by atomic mass is 10.0. The van der Waals surface area contributed by atoms with Crippen molar-refractivity contribution in [3.8, 4) is 0 Å². The first-order valence-corrected chi connectivity index (χ1v) is 7.38. The molecule has 0 fully saturated rings. The van der Waals surface area contributed by atoms with Crippen LogP contribution in [0.3, 0.4) is 0 Å². The Hall–Kier alpha value is -1.92. The normalized spacial score (nSPS) is 14.6. The van der Waals surface area contributed by atoms with Crippen LogP contribution in [-0.2, 0) is 13.0 Å². The van der Waals surface area contributed by atoms with Crippen molar-refractivity contribution in [2.24, 2.45) is 0 Å². The SMILES string of the molecule is CC(c1ccccc1F)N(C)C(=O)c1n[nH]c2c1CNCC2.Cl. The van der Waals surface area contributed by atoms with E-state index >= 15 is 0 Å². The van der Waals surface area contributed by atoms with Crippen LogP contribution in [0.1, 0.15) is 40.3 Å². The van der Waals surface area contributed by atoms with E-state index in [9.17, 15) is 9.18 Å². The van der Waals surface area contributed by atoms with Gasteiger partial charge in [0.05, 0.1) is 6.04 Å². The van der Waals surface area contributed by atoms with Crippen molar-refractivity contribution in [3.63, 3.8) is 0 Å². The Morgan fingerprint density at radius 3 is 2.87 bits per heavy atom. The van der Waals surface area contributed by atoms with Crippen LogP contribution < -0.4 is 5.32 Å². The molecule has 0 saturated heterocycles. The lowest BCUT2D eigenvalue weighted by Crippen LogP contribution is -2.32. The van der Waals surface area contributed by atoms with Gasteiger partial charge in [0.1, 0.15) is 5.82 Å². The Bertz CT molecular complexity index is 703. The van der Waals surface area contributed by atoms with Crippen LogP contribution >= 0.6 is 12.4 Å². The Balaban J connectivity index is 0.00000192. The second kappa shape index (κ2) is 7.10. The lowest BCUT2D eigenvalue weighted by Gasteiger charge is -2.25. The van der Waals surface area contributed by atoms with Crippen molar-refractivity contribution in [1.82, 2.24) is 20.4 Å². The van der Waals surface area contributed by atoms with Crippen LogP contribution in [0.5, 0.6) is 0 Å². The van der Waals surface area contributed by atoms with Gasteiger partial charge in [-0.3, -0.25) is 9.89 Å². The van der Waals surface area contributed by atoms with Crippen molar-refractivity contribution in [2.45, 2.75) is 25.9 Å². The molecule has 3 rings (SSSR count). The number of halogens is 2. The second-order valence-electron chi connectivity index (χ2n) is 5.57. The van der Waals surface area contributed by atoms with E-state index in [4.69, 9.17) is 0 Å². The van der Waals surface area contributed by atoms with Gasteiger partial charge in [0.25, 0.3) is 5.91 Å². The third-order valence-electron chi connectivity index (χ3n) is 4.27. The summed E-state index contributed by atoms with van der Waals surface area (Å²) >= 11 is 0. The Labute approximate surface area is 140 Å². The maximum Gasteiger partial charge on any atom is 0.274 e. The molecule has 0 aliphatic carbocycles. The molecule has 0 spiro atoms. The van der Waals surface area contributed by atoms with E-state index < -0.39 is 0 Å². The van der Waals surface area contributed by atoms with E-state index in [1.165, 1.54) is 11.0 Å². The summed E-state index contributed by atoms with van der Waals surface area (Å²) < 4.78 is 13.9. The average Bonchev–Trinajstić information content (AvgIpc) is 2.97. The number of nitrogens with one attached hydrogen (secondary N) is 2. The molecule has 124 valence electrons. The van der Waals surface area contributed by atoms with Gasteiger partial charge in [0.15, 0.2) is 5.69 Å². The number of benzene rings is 1. The van der Waals surface area contributed by atoms with Crippen LogP contribution in [0.2, 0.25) is 0 Å². The number of aromatic nitrogens is 2. The van der Waals surface area contributed by atoms with E-state index in [-0.39, 0.29) is 30.2 Å². The molecule has 7 heteroatoms. The summed E-state index contributed by atoms with van der Waals surface area (Å²) in [6.45, 7) is 3.33. The molecule has 23 heavy (non-hydrogen) atoms. The van der Waals surface area contributed by atoms with Crippen molar-refractivity contribution in [2.75, 3.05) is 13.6 Å². The summed E-state index contributed by atoms with van der Waals surface area (Å²) in [5.41, 5.74) is 2.85. The standard InChI is InChI=1S/C16H19FN4O.ClH/c1-10(11-5-3-4-6-13(11)17)21(2)16(22)15-12-9-18-8-7-14(12)19-20-15;/h3-6,10,18H,7-9H2,1-2H3,(H,19,20);1H. The van der Waals surface area contributed by atoms with Crippen LogP contribution in [0.15, 0.2) is 24.3 Å². The fourth-order valence-electron chi connectivity index (χ4n) is 2.77. The van der Waals surface area contributed by atoms with Gasteiger partial charge >= 0.3 is 0 Å². The number of carbonyl (C=O) groups excluding carboxylic acids is 1. The van der Waals surface area contributed by atoms with Gasteiger partial charge < -0.3 is 10.2 Å². The maximum absolute atomic E-state index is 13.9. The van der Waals surface area contributed by atoms with Gasteiger partial charge in [0, 0.05) is 43.4 Å². The van der Waals surface area contributed by atoms with Gasteiger partial charge in [-0.15, -0.1) is 12.4 Å². The highest BCUT2D eigenvalue weighted by Crippen LogP contribution is 2.24. The number of amides is 1. The number of rotatable bonds is 3. The number of aromatic amines is 1. The minimum absolute atomic E-state index is 0. The van der Waals surface area contributed by atoms with Gasteiger partial charge in [-0.1, -0.05) is 18.2 Å². The first-order chi connectivity index (χ1) is 10.6. The van der Waals surface area contributed by atoms with Gasteiger partial charge in [-0.2, -0.15) is 5.10 Å². The molecule has 0 saturated carbocycles. The molecule has 0 bridgehead atoms. The molecule has 0 radical (unpaired) electrons. The molecule has 1 aromatic carbocycles. The molecule has 1 aliphatic heterocycles. The van der Waals surface area contributed by atoms with Gasteiger partial charge in [-0.25, -0.2) is 4.39 Å². The molecule has 1 amide bonds. The largest absolute Gasteiger partial charge is 0.333 e. The summed E-state index contributed by atoms with van der Waals surface area (Å²) in [6.07, 6.45) is 0.836. The maximum atomic E-state index is 13.9. The molecule has 1 aliphatic rings. The van der Waals surface area contributed by atoms with E-state index in [1.54, 1.807) is 25.2 Å². The van der Waals surface area contributed by atoms with E-state index in [2.05, 4.69) is 15.5 Å². The van der Waals surface area contributed by atoms with E-state index in [0.717, 1.165) is 24.2 Å². The highest BCUT2D eigenvalue weighted by molar-refractivity contribution is 5.94. The number of H-pyrrole nitrogens is 1. The van der Waals surface area contributed by atoms with Gasteiger partial charge in [0.2, 0.25) is 0 Å². The number of fused-ring (bicyclic) bond motifs is 1. The number of hydrogen-bond donors (Lipinski definition) is 2. The molecule has 1 atom stereocenters. The van der Waals surface area contributed by atoms with Crippen molar-refractivity contribution in [3.05, 3.63) is 52.6 Å². The third-order valence-corrected chi connectivity index (χ3v) is 4.27. The molecule has 1 aromatic heterocycles. The molecule has 2 heterocycles. The minimum Gasteiger partial charge on any atom is -0.333 e. The number of nitrogens with zero attached hydrogens (tertiary/aromatic N) is 2. The highest BCUT2D eigenvalue weighted by Gasteiger charge is 2.27. The lowest BCUT2D eigenvalue weighted by molar-refractivity contribution is 0.0733. The Kier molecular flexibility index (Phi) is 5.38. The van der Waals surface area contributed by atoms with E-state index in [1.807, 2.05) is 6.92 Å². The molecular weight excluding hydrogens is 319 g/mol. The predicted molar refractivity (Wildman–Crippen MR) is 88.2 cm³/mol. The molecule has 5 nitrogen and oxygen atoms in total. The van der Waals surface area contributed by atoms with Crippen molar-refractivity contribution in [1.29, 1.82) is 0 Å². The molecule has 2 N–H and O–H groups in total. The smallest absolute Gasteiger partial charge is 0.274 e. The summed E-state index contributed by atoms with van der Waals surface area (Å²) in [4.78, 5) is 14.2.